The molecule has 0 aliphatic heterocycles. The predicted octanol–water partition coefficient (Wildman–Crippen LogP) is 6.05. The Balaban J connectivity index is 1.76. The molecular formula is C26H23PS. The van der Waals surface area contributed by atoms with E-state index in [0.717, 1.165) is 5.75 Å². The monoisotopic (exact) mass is 398 g/mol. The van der Waals surface area contributed by atoms with Gasteiger partial charge in [0.15, 0.2) is 0 Å². The third kappa shape index (κ3) is 4.38. The molecule has 0 heterocycles. The molecular weight excluding hydrogens is 375 g/mol. The summed E-state index contributed by atoms with van der Waals surface area (Å²) in [5, 5.41) is 4.31. The van der Waals surface area contributed by atoms with Gasteiger partial charge in [0, 0.05) is 10.6 Å². The van der Waals surface area contributed by atoms with Crippen molar-refractivity contribution in [3.63, 3.8) is 0 Å². The van der Waals surface area contributed by atoms with Gasteiger partial charge in [0.2, 0.25) is 0 Å². The van der Waals surface area contributed by atoms with E-state index in [1.807, 2.05) is 11.8 Å². The highest BCUT2D eigenvalue weighted by atomic mass is 32.2. The van der Waals surface area contributed by atoms with Gasteiger partial charge in [-0.25, -0.2) is 0 Å². The molecule has 0 saturated carbocycles. The zero-order valence-electron chi connectivity index (χ0n) is 16.0. The van der Waals surface area contributed by atoms with Crippen LogP contribution in [0.15, 0.2) is 114 Å². The average molecular weight is 399 g/mol. The molecule has 0 nitrogen and oxygen atoms in total. The lowest BCUT2D eigenvalue weighted by Gasteiger charge is -2.23. The van der Waals surface area contributed by atoms with Crippen molar-refractivity contribution in [3.8, 4) is 0 Å². The zero-order chi connectivity index (χ0) is 19.2. The van der Waals surface area contributed by atoms with E-state index < -0.39 is 7.92 Å². The lowest BCUT2D eigenvalue weighted by atomic mass is 10.2. The summed E-state index contributed by atoms with van der Waals surface area (Å²) in [6.45, 7) is 2.23. The van der Waals surface area contributed by atoms with Crippen LogP contribution in [-0.2, 0) is 5.75 Å². The van der Waals surface area contributed by atoms with E-state index in [4.69, 9.17) is 0 Å². The first kappa shape index (κ1) is 19.0. The van der Waals surface area contributed by atoms with Crippen LogP contribution in [0, 0.1) is 6.92 Å². The third-order valence-electron chi connectivity index (χ3n) is 4.74. The summed E-state index contributed by atoms with van der Waals surface area (Å²) >= 11 is 1.91. The van der Waals surface area contributed by atoms with Crippen molar-refractivity contribution in [2.24, 2.45) is 0 Å². The van der Waals surface area contributed by atoms with Gasteiger partial charge in [-0.2, -0.15) is 0 Å². The first-order valence-electron chi connectivity index (χ1n) is 9.49. The highest BCUT2D eigenvalue weighted by Crippen LogP contribution is 2.36. The quantitative estimate of drug-likeness (QED) is 0.282. The summed E-state index contributed by atoms with van der Waals surface area (Å²) in [7, 11) is -0.581. The summed E-state index contributed by atoms with van der Waals surface area (Å²) in [5.41, 5.74) is 2.79. The molecule has 0 fully saturated rings. The summed E-state index contributed by atoms with van der Waals surface area (Å²) in [6, 6.07) is 39.4. The lowest BCUT2D eigenvalue weighted by Crippen LogP contribution is -2.24. The molecule has 1 unspecified atom stereocenters. The topological polar surface area (TPSA) is 0 Å². The summed E-state index contributed by atoms with van der Waals surface area (Å²) in [4.78, 5) is 1.32. The molecule has 0 spiro atoms. The summed E-state index contributed by atoms with van der Waals surface area (Å²) in [5.74, 6) is 0.984. The second-order valence-electron chi connectivity index (χ2n) is 6.69. The van der Waals surface area contributed by atoms with Crippen LogP contribution in [-0.4, -0.2) is 0 Å². The minimum absolute atomic E-state index is 0.581. The maximum Gasteiger partial charge on any atom is 0.0238 e. The van der Waals surface area contributed by atoms with Gasteiger partial charge < -0.3 is 0 Å². The van der Waals surface area contributed by atoms with E-state index >= 15 is 0 Å². The molecule has 0 radical (unpaired) electrons. The lowest BCUT2D eigenvalue weighted by molar-refractivity contribution is 1.40. The second kappa shape index (κ2) is 9.24. The Hall–Kier alpha value is -2.34. The molecule has 0 aromatic heterocycles. The molecule has 138 valence electrons. The van der Waals surface area contributed by atoms with Crippen LogP contribution in [0.3, 0.4) is 0 Å². The number of rotatable bonds is 6. The van der Waals surface area contributed by atoms with E-state index in [9.17, 15) is 0 Å². The van der Waals surface area contributed by atoms with Crippen LogP contribution in [0.1, 0.15) is 11.1 Å². The average Bonchev–Trinajstić information content (AvgIpc) is 2.76. The van der Waals surface area contributed by atoms with Gasteiger partial charge in [-0.15, -0.1) is 11.8 Å². The maximum atomic E-state index is 2.33. The standard InChI is InChI=1S/C26H23PS/c1-21-12-8-10-18-25(21)27(23-14-4-2-5-15-23)26-19-11-9-13-22(26)20-28-24-16-6-3-7-17-24/h2-19H,20H2,1H3. The molecule has 4 aromatic carbocycles. The van der Waals surface area contributed by atoms with Crippen molar-refractivity contribution in [2.45, 2.75) is 17.6 Å². The van der Waals surface area contributed by atoms with Gasteiger partial charge in [-0.05, 0) is 54.0 Å². The van der Waals surface area contributed by atoms with Crippen molar-refractivity contribution in [1.29, 1.82) is 0 Å². The van der Waals surface area contributed by atoms with Gasteiger partial charge in [0.25, 0.3) is 0 Å². The smallest absolute Gasteiger partial charge is 0.0238 e. The fraction of sp³-hybridized carbons (Fsp3) is 0.0769. The number of hydrogen-bond donors (Lipinski definition) is 0. The van der Waals surface area contributed by atoms with Crippen LogP contribution in [0.4, 0.5) is 0 Å². The van der Waals surface area contributed by atoms with E-state index in [1.165, 1.54) is 31.9 Å². The molecule has 28 heavy (non-hydrogen) atoms. The molecule has 4 aromatic rings. The van der Waals surface area contributed by atoms with Crippen LogP contribution in [0.5, 0.6) is 0 Å². The van der Waals surface area contributed by atoms with Gasteiger partial charge in [0.1, 0.15) is 0 Å². The van der Waals surface area contributed by atoms with Crippen molar-refractivity contribution in [1.82, 2.24) is 0 Å². The fourth-order valence-electron chi connectivity index (χ4n) is 3.33. The van der Waals surface area contributed by atoms with E-state index in [1.54, 1.807) is 0 Å². The molecule has 0 N–H and O–H groups in total. The largest absolute Gasteiger partial charge is 0.121 e. The Labute approximate surface area is 173 Å². The minimum atomic E-state index is -0.581. The summed E-state index contributed by atoms with van der Waals surface area (Å²) < 4.78 is 0. The van der Waals surface area contributed by atoms with Crippen molar-refractivity contribution in [3.05, 3.63) is 120 Å². The van der Waals surface area contributed by atoms with Crippen LogP contribution < -0.4 is 15.9 Å². The Morgan fingerprint density at radius 1 is 0.607 bits per heavy atom. The highest BCUT2D eigenvalue weighted by Gasteiger charge is 2.20. The molecule has 0 bridgehead atoms. The Morgan fingerprint density at radius 3 is 1.89 bits per heavy atom. The number of hydrogen-bond acceptors (Lipinski definition) is 1. The van der Waals surface area contributed by atoms with Gasteiger partial charge in [0.05, 0.1) is 0 Å². The minimum Gasteiger partial charge on any atom is -0.121 e. The SMILES string of the molecule is Cc1ccccc1P(c1ccccc1)c1ccccc1CSc1ccccc1. The molecule has 0 amide bonds. The van der Waals surface area contributed by atoms with Crippen LogP contribution >= 0.6 is 19.7 Å². The maximum absolute atomic E-state index is 2.33. The molecule has 0 saturated heterocycles. The third-order valence-corrected chi connectivity index (χ3v) is 8.52. The molecule has 2 heteroatoms. The van der Waals surface area contributed by atoms with Crippen LogP contribution in [0.25, 0.3) is 0 Å². The fourth-order valence-corrected chi connectivity index (χ4v) is 6.98. The van der Waals surface area contributed by atoms with E-state index in [0.29, 0.717) is 0 Å². The molecule has 1 atom stereocenters. The Kier molecular flexibility index (Phi) is 6.27. The molecule has 4 rings (SSSR count). The molecule has 0 aliphatic rings. The first-order valence-corrected chi connectivity index (χ1v) is 11.8. The second-order valence-corrected chi connectivity index (χ2v) is 9.89. The predicted molar refractivity (Wildman–Crippen MR) is 126 cm³/mol. The van der Waals surface area contributed by atoms with Gasteiger partial charge >= 0.3 is 0 Å². The number of aryl methyl sites for hydroxylation is 1. The van der Waals surface area contributed by atoms with Gasteiger partial charge in [-0.1, -0.05) is 97.1 Å². The van der Waals surface area contributed by atoms with E-state index in [2.05, 4.69) is 116 Å². The van der Waals surface area contributed by atoms with Crippen LogP contribution in [0.2, 0.25) is 0 Å². The zero-order valence-corrected chi connectivity index (χ0v) is 17.7. The Morgan fingerprint density at radius 2 is 1.18 bits per heavy atom. The number of benzene rings is 4. The van der Waals surface area contributed by atoms with Crippen molar-refractivity contribution >= 4 is 35.6 Å². The summed E-state index contributed by atoms with van der Waals surface area (Å²) in [6.07, 6.45) is 0. The Bertz CT molecular complexity index is 1030. The normalized spacial score (nSPS) is 11.9. The number of thioether (sulfide) groups is 1. The first-order chi connectivity index (χ1) is 13.8. The van der Waals surface area contributed by atoms with Crippen molar-refractivity contribution < 1.29 is 0 Å². The highest BCUT2D eigenvalue weighted by molar-refractivity contribution is 7.98. The van der Waals surface area contributed by atoms with Crippen molar-refractivity contribution in [2.75, 3.05) is 0 Å². The van der Waals surface area contributed by atoms with E-state index in [-0.39, 0.29) is 0 Å². The van der Waals surface area contributed by atoms with Gasteiger partial charge in [-0.3, -0.25) is 0 Å². The molecule has 0 aliphatic carbocycles.